The Morgan fingerprint density at radius 2 is 1.60 bits per heavy atom. The van der Waals surface area contributed by atoms with Gasteiger partial charge in [-0.2, -0.15) is 0 Å². The molecule has 0 aliphatic carbocycles. The summed E-state index contributed by atoms with van der Waals surface area (Å²) in [5.74, 6) is -2.30. The summed E-state index contributed by atoms with van der Waals surface area (Å²) < 4.78 is 0. The molecular formula is C17H25N3O5. The quantitative estimate of drug-likeness (QED) is 0.446. The average molecular weight is 351 g/mol. The number of nitrogens with one attached hydrogen (secondary N) is 2. The van der Waals surface area contributed by atoms with Crippen LogP contribution in [0.2, 0.25) is 0 Å². The first kappa shape index (κ1) is 20.4. The van der Waals surface area contributed by atoms with Crippen molar-refractivity contribution in [2.24, 2.45) is 11.7 Å². The summed E-state index contributed by atoms with van der Waals surface area (Å²) in [6.07, 6.45) is 0.0491. The van der Waals surface area contributed by atoms with Crippen molar-refractivity contribution in [2.75, 3.05) is 0 Å². The molecule has 8 nitrogen and oxygen atoms in total. The molecule has 1 aromatic carbocycles. The van der Waals surface area contributed by atoms with Crippen molar-refractivity contribution in [3.05, 3.63) is 29.8 Å². The van der Waals surface area contributed by atoms with Gasteiger partial charge in [0.1, 0.15) is 17.8 Å². The van der Waals surface area contributed by atoms with Crippen molar-refractivity contribution in [1.29, 1.82) is 0 Å². The summed E-state index contributed by atoms with van der Waals surface area (Å²) in [7, 11) is 0. The molecule has 6 N–H and O–H groups in total. The Morgan fingerprint density at radius 1 is 1.04 bits per heavy atom. The lowest BCUT2D eigenvalue weighted by molar-refractivity contribution is -0.142. The van der Waals surface area contributed by atoms with Crippen molar-refractivity contribution in [1.82, 2.24) is 10.6 Å². The van der Waals surface area contributed by atoms with Gasteiger partial charge in [0.05, 0.1) is 6.04 Å². The zero-order valence-electron chi connectivity index (χ0n) is 14.5. The van der Waals surface area contributed by atoms with E-state index in [1.807, 2.05) is 0 Å². The molecule has 0 aliphatic heterocycles. The van der Waals surface area contributed by atoms with Crippen molar-refractivity contribution >= 4 is 17.8 Å². The monoisotopic (exact) mass is 351 g/mol. The lowest BCUT2D eigenvalue weighted by atomic mass is 10.0. The highest BCUT2D eigenvalue weighted by Crippen LogP contribution is 2.11. The first-order valence-corrected chi connectivity index (χ1v) is 7.98. The highest BCUT2D eigenvalue weighted by molar-refractivity contribution is 5.91. The molecule has 1 rings (SSSR count). The van der Waals surface area contributed by atoms with Crippen molar-refractivity contribution < 1.29 is 24.6 Å². The van der Waals surface area contributed by atoms with Gasteiger partial charge in [0.2, 0.25) is 11.8 Å². The molecule has 0 radical (unpaired) electrons. The van der Waals surface area contributed by atoms with E-state index in [9.17, 15) is 24.6 Å². The molecule has 138 valence electrons. The van der Waals surface area contributed by atoms with E-state index in [0.29, 0.717) is 5.56 Å². The second-order valence-electron chi connectivity index (χ2n) is 6.27. The van der Waals surface area contributed by atoms with Gasteiger partial charge in [0.15, 0.2) is 0 Å². The number of phenols is 1. The topological polar surface area (TPSA) is 142 Å². The maximum absolute atomic E-state index is 12.2. The fraction of sp³-hybridized carbons (Fsp3) is 0.471. The van der Waals surface area contributed by atoms with Crippen LogP contribution in [0.25, 0.3) is 0 Å². The van der Waals surface area contributed by atoms with Crippen LogP contribution in [0.15, 0.2) is 24.3 Å². The van der Waals surface area contributed by atoms with Crippen LogP contribution >= 0.6 is 0 Å². The Hall–Kier alpha value is -2.61. The lowest BCUT2D eigenvalue weighted by Gasteiger charge is -2.21. The summed E-state index contributed by atoms with van der Waals surface area (Å²) in [6, 6.07) is 3.20. The molecule has 0 heterocycles. The zero-order chi connectivity index (χ0) is 19.1. The fourth-order valence-corrected chi connectivity index (χ4v) is 2.04. The minimum absolute atomic E-state index is 0.0491. The van der Waals surface area contributed by atoms with Gasteiger partial charge in [0, 0.05) is 6.42 Å². The molecule has 0 unspecified atom stereocenters. The minimum atomic E-state index is -1.20. The number of carboxylic acids is 1. The third-order valence-corrected chi connectivity index (χ3v) is 3.76. The maximum Gasteiger partial charge on any atom is 0.326 e. The van der Waals surface area contributed by atoms with E-state index in [2.05, 4.69) is 10.6 Å². The third-order valence-electron chi connectivity index (χ3n) is 3.76. The van der Waals surface area contributed by atoms with Gasteiger partial charge >= 0.3 is 5.97 Å². The number of aliphatic carboxylic acids is 1. The van der Waals surface area contributed by atoms with Crippen LogP contribution in [0, 0.1) is 5.92 Å². The SMILES string of the molecule is CC(C)[C@H](N)C(=O)N[C@@H](C)C(=O)N[C@@H](Cc1ccc(O)cc1)C(=O)O. The molecule has 2 amide bonds. The van der Waals surface area contributed by atoms with E-state index in [4.69, 9.17) is 5.73 Å². The molecule has 0 aromatic heterocycles. The Balaban J connectivity index is 2.67. The highest BCUT2D eigenvalue weighted by atomic mass is 16.4. The lowest BCUT2D eigenvalue weighted by Crippen LogP contribution is -2.54. The van der Waals surface area contributed by atoms with Crippen LogP contribution < -0.4 is 16.4 Å². The minimum Gasteiger partial charge on any atom is -0.508 e. The largest absolute Gasteiger partial charge is 0.508 e. The number of aromatic hydroxyl groups is 1. The van der Waals surface area contributed by atoms with Gasteiger partial charge < -0.3 is 26.6 Å². The average Bonchev–Trinajstić information content (AvgIpc) is 2.54. The van der Waals surface area contributed by atoms with Crippen LogP contribution in [0.3, 0.4) is 0 Å². The molecule has 8 heteroatoms. The molecule has 0 fully saturated rings. The van der Waals surface area contributed by atoms with Crippen molar-refractivity contribution in [2.45, 2.75) is 45.3 Å². The number of carboxylic acid groups (broad SMARTS) is 1. The number of carbonyl (C=O) groups is 3. The number of benzene rings is 1. The van der Waals surface area contributed by atoms with E-state index in [1.165, 1.54) is 19.1 Å². The van der Waals surface area contributed by atoms with Gasteiger partial charge in [-0.15, -0.1) is 0 Å². The smallest absolute Gasteiger partial charge is 0.326 e. The van der Waals surface area contributed by atoms with Crippen molar-refractivity contribution in [3.8, 4) is 5.75 Å². The number of rotatable bonds is 8. The summed E-state index contributed by atoms with van der Waals surface area (Å²) >= 11 is 0. The molecular weight excluding hydrogens is 326 g/mol. The number of phenolic OH excluding ortho intramolecular Hbond substituents is 1. The Kier molecular flexibility index (Phi) is 7.38. The Morgan fingerprint density at radius 3 is 2.08 bits per heavy atom. The molecule has 0 saturated carbocycles. The molecule has 0 bridgehead atoms. The van der Waals surface area contributed by atoms with E-state index >= 15 is 0 Å². The summed E-state index contributed by atoms with van der Waals surface area (Å²) in [6.45, 7) is 5.03. The normalized spacial score (nSPS) is 14.4. The van der Waals surface area contributed by atoms with Gasteiger partial charge in [-0.3, -0.25) is 9.59 Å². The van der Waals surface area contributed by atoms with Gasteiger partial charge in [-0.1, -0.05) is 26.0 Å². The Labute approximate surface area is 146 Å². The number of hydrogen-bond donors (Lipinski definition) is 5. The predicted octanol–water partition coefficient (Wildman–Crippen LogP) is -0.00790. The molecule has 3 atom stereocenters. The number of amides is 2. The first-order chi connectivity index (χ1) is 11.6. The first-order valence-electron chi connectivity index (χ1n) is 7.98. The fourth-order valence-electron chi connectivity index (χ4n) is 2.04. The van der Waals surface area contributed by atoms with Crippen LogP contribution in [-0.4, -0.2) is 46.1 Å². The predicted molar refractivity (Wildman–Crippen MR) is 91.8 cm³/mol. The molecule has 0 aliphatic rings. The number of carbonyl (C=O) groups excluding carboxylic acids is 2. The second-order valence-corrected chi connectivity index (χ2v) is 6.27. The highest BCUT2D eigenvalue weighted by Gasteiger charge is 2.26. The van der Waals surface area contributed by atoms with Crippen LogP contribution in [0.4, 0.5) is 0 Å². The van der Waals surface area contributed by atoms with Crippen molar-refractivity contribution in [3.63, 3.8) is 0 Å². The summed E-state index contributed by atoms with van der Waals surface area (Å²) in [5, 5.41) is 23.4. The standard InChI is InChI=1S/C17H25N3O5/c1-9(2)14(18)16(23)19-10(3)15(22)20-13(17(24)25)8-11-4-6-12(21)7-5-11/h4-7,9-10,13-14,21H,8,18H2,1-3H3,(H,19,23)(H,20,22)(H,24,25)/t10-,13-,14-/m0/s1. The molecule has 0 saturated heterocycles. The molecule has 25 heavy (non-hydrogen) atoms. The second kappa shape index (κ2) is 9.03. The third kappa shape index (κ3) is 6.42. The summed E-state index contributed by atoms with van der Waals surface area (Å²) in [5.41, 5.74) is 6.36. The maximum atomic E-state index is 12.2. The van der Waals surface area contributed by atoms with Gasteiger partial charge in [-0.05, 0) is 30.5 Å². The van der Waals surface area contributed by atoms with E-state index in [0.717, 1.165) is 0 Å². The zero-order valence-corrected chi connectivity index (χ0v) is 14.5. The number of hydrogen-bond acceptors (Lipinski definition) is 5. The molecule has 0 spiro atoms. The van der Waals surface area contributed by atoms with E-state index in [1.54, 1.807) is 26.0 Å². The van der Waals surface area contributed by atoms with Crippen LogP contribution in [0.5, 0.6) is 5.75 Å². The van der Waals surface area contributed by atoms with E-state index in [-0.39, 0.29) is 18.1 Å². The molecule has 1 aromatic rings. The van der Waals surface area contributed by atoms with Gasteiger partial charge in [0.25, 0.3) is 0 Å². The van der Waals surface area contributed by atoms with Crippen LogP contribution in [-0.2, 0) is 20.8 Å². The number of nitrogens with two attached hydrogens (primary N) is 1. The Bertz CT molecular complexity index is 615. The van der Waals surface area contributed by atoms with E-state index < -0.39 is 35.9 Å². The summed E-state index contributed by atoms with van der Waals surface area (Å²) in [4.78, 5) is 35.4. The van der Waals surface area contributed by atoms with Gasteiger partial charge in [-0.25, -0.2) is 4.79 Å². The van der Waals surface area contributed by atoms with Crippen LogP contribution in [0.1, 0.15) is 26.3 Å².